The average Bonchev–Trinajstić information content (AvgIpc) is 2.50. The number of hydrogen-bond acceptors (Lipinski definition) is 5. The molecule has 0 heterocycles. The highest BCUT2D eigenvalue weighted by Crippen LogP contribution is 2.34. The average molecular weight is 386 g/mol. The Morgan fingerprint density at radius 1 is 1.32 bits per heavy atom. The smallest absolute Gasteiger partial charge is 0.329 e. The van der Waals surface area contributed by atoms with Crippen molar-refractivity contribution in [3.8, 4) is 0 Å². The van der Waals surface area contributed by atoms with Gasteiger partial charge in [-0.15, -0.1) is 11.8 Å². The van der Waals surface area contributed by atoms with Gasteiger partial charge in [0.15, 0.2) is 9.84 Å². The van der Waals surface area contributed by atoms with Gasteiger partial charge in [-0.05, 0) is 44.7 Å². The Labute approximate surface area is 152 Å². The summed E-state index contributed by atoms with van der Waals surface area (Å²) >= 11 is 1.13. The van der Waals surface area contributed by atoms with Crippen molar-refractivity contribution in [1.29, 1.82) is 0 Å². The van der Waals surface area contributed by atoms with E-state index in [-0.39, 0.29) is 10.6 Å². The third-order valence-electron chi connectivity index (χ3n) is 4.31. The highest BCUT2D eigenvalue weighted by molar-refractivity contribution is 8.01. The van der Waals surface area contributed by atoms with E-state index in [4.69, 9.17) is 0 Å². The number of thioether (sulfide) groups is 1. The van der Waals surface area contributed by atoms with E-state index in [9.17, 15) is 23.1 Å². The Morgan fingerprint density at radius 2 is 1.96 bits per heavy atom. The lowest BCUT2D eigenvalue weighted by Crippen LogP contribution is -2.60. The minimum Gasteiger partial charge on any atom is -0.480 e. The molecule has 0 aliphatic heterocycles. The van der Waals surface area contributed by atoms with Gasteiger partial charge in [-0.25, -0.2) is 13.2 Å². The number of carbonyl (C=O) groups excluding carboxylic acids is 1. The van der Waals surface area contributed by atoms with Crippen LogP contribution in [0.25, 0.3) is 0 Å². The summed E-state index contributed by atoms with van der Waals surface area (Å²) in [6.07, 6.45) is 2.13. The summed E-state index contributed by atoms with van der Waals surface area (Å²) in [6, 6.07) is 6.60. The predicted octanol–water partition coefficient (Wildman–Crippen LogP) is 2.47. The maximum absolute atomic E-state index is 12.4. The Morgan fingerprint density at radius 3 is 2.48 bits per heavy atom. The number of sulfone groups is 1. The minimum atomic E-state index is -3.40. The van der Waals surface area contributed by atoms with Gasteiger partial charge in [0.2, 0.25) is 5.91 Å². The Hall–Kier alpha value is -1.54. The normalized spacial score (nSPS) is 17.4. The number of nitrogens with one attached hydrogen (secondary N) is 1. The number of carboxylic acid groups (broad SMARTS) is 1. The number of aliphatic carboxylic acids is 1. The molecule has 1 aliphatic carbocycles. The molecule has 1 aromatic rings. The maximum Gasteiger partial charge on any atom is 0.329 e. The van der Waals surface area contributed by atoms with E-state index in [0.717, 1.165) is 18.2 Å². The third-order valence-corrected chi connectivity index (χ3v) is 7.59. The van der Waals surface area contributed by atoms with Gasteiger partial charge in [0.05, 0.1) is 15.9 Å². The van der Waals surface area contributed by atoms with Crippen LogP contribution >= 0.6 is 11.8 Å². The zero-order valence-corrected chi connectivity index (χ0v) is 16.0. The Bertz CT molecular complexity index is 756. The highest BCUT2D eigenvalue weighted by atomic mass is 32.2. The molecule has 138 valence electrons. The van der Waals surface area contributed by atoms with Gasteiger partial charge in [-0.2, -0.15) is 0 Å². The molecule has 2 rings (SSSR count). The van der Waals surface area contributed by atoms with E-state index < -0.39 is 32.5 Å². The van der Waals surface area contributed by atoms with Crippen molar-refractivity contribution in [3.05, 3.63) is 24.3 Å². The predicted molar refractivity (Wildman–Crippen MR) is 96.5 cm³/mol. The number of benzene rings is 1. The van der Waals surface area contributed by atoms with Crippen LogP contribution < -0.4 is 5.32 Å². The first-order valence-corrected chi connectivity index (χ1v) is 10.8. The van der Waals surface area contributed by atoms with Crippen molar-refractivity contribution in [2.24, 2.45) is 0 Å². The van der Waals surface area contributed by atoms with Crippen LogP contribution in [0.3, 0.4) is 0 Å². The summed E-state index contributed by atoms with van der Waals surface area (Å²) in [5.74, 6) is -1.36. The number of amides is 1. The van der Waals surface area contributed by atoms with Crippen molar-refractivity contribution < 1.29 is 23.1 Å². The van der Waals surface area contributed by atoms with Crippen LogP contribution in [0.15, 0.2) is 34.1 Å². The van der Waals surface area contributed by atoms with Gasteiger partial charge in [-0.1, -0.05) is 19.1 Å². The second kappa shape index (κ2) is 7.78. The first-order chi connectivity index (χ1) is 11.7. The summed E-state index contributed by atoms with van der Waals surface area (Å²) in [5.41, 5.74) is -1.17. The van der Waals surface area contributed by atoms with Crippen LogP contribution in [0.2, 0.25) is 0 Å². The Balaban J connectivity index is 2.14. The van der Waals surface area contributed by atoms with Crippen LogP contribution in [0, 0.1) is 0 Å². The Kier molecular flexibility index (Phi) is 6.16. The summed E-state index contributed by atoms with van der Waals surface area (Å²) in [6.45, 7) is 3.45. The molecule has 0 radical (unpaired) electrons. The molecule has 1 aromatic carbocycles. The molecule has 25 heavy (non-hydrogen) atoms. The number of rotatable bonds is 8. The summed E-state index contributed by atoms with van der Waals surface area (Å²) in [5, 5.41) is 11.3. The fourth-order valence-electron chi connectivity index (χ4n) is 2.69. The van der Waals surface area contributed by atoms with Crippen molar-refractivity contribution >= 4 is 33.5 Å². The van der Waals surface area contributed by atoms with Crippen LogP contribution in [0.5, 0.6) is 0 Å². The first-order valence-electron chi connectivity index (χ1n) is 8.26. The molecule has 1 fully saturated rings. The highest BCUT2D eigenvalue weighted by Gasteiger charge is 2.46. The van der Waals surface area contributed by atoms with Crippen LogP contribution in [-0.2, 0) is 19.4 Å². The van der Waals surface area contributed by atoms with Crippen molar-refractivity contribution in [3.63, 3.8) is 0 Å². The molecule has 1 aliphatic rings. The number of carboxylic acids is 1. The summed E-state index contributed by atoms with van der Waals surface area (Å²) in [4.78, 5) is 24.5. The molecule has 1 atom stereocenters. The fraction of sp³-hybridized carbons (Fsp3) is 0.529. The van der Waals surface area contributed by atoms with Gasteiger partial charge >= 0.3 is 5.97 Å². The SMILES string of the molecule is CCCS(=O)(=O)c1ccccc1SC(C)C(=O)NC1(C(=O)O)CCC1. The van der Waals surface area contributed by atoms with Gasteiger partial charge in [0.1, 0.15) is 5.54 Å². The molecule has 2 N–H and O–H groups in total. The fourth-order valence-corrected chi connectivity index (χ4v) is 5.52. The second-order valence-corrected chi connectivity index (χ2v) is 9.72. The molecule has 0 saturated heterocycles. The minimum absolute atomic E-state index is 0.0489. The first kappa shape index (κ1) is 19.8. The molecule has 1 saturated carbocycles. The van der Waals surface area contributed by atoms with E-state index in [1.54, 1.807) is 38.1 Å². The lowest BCUT2D eigenvalue weighted by molar-refractivity contribution is -0.151. The summed E-state index contributed by atoms with van der Waals surface area (Å²) in [7, 11) is -3.40. The van der Waals surface area contributed by atoms with Crippen LogP contribution in [-0.4, -0.2) is 41.9 Å². The lowest BCUT2D eigenvalue weighted by Gasteiger charge is -2.38. The number of carbonyl (C=O) groups is 2. The quantitative estimate of drug-likeness (QED) is 0.667. The van der Waals surface area contributed by atoms with E-state index in [1.165, 1.54) is 0 Å². The van der Waals surface area contributed by atoms with Crippen molar-refractivity contribution in [1.82, 2.24) is 5.32 Å². The number of hydrogen-bond donors (Lipinski definition) is 2. The van der Waals surface area contributed by atoms with Crippen molar-refractivity contribution in [2.75, 3.05) is 5.75 Å². The standard InChI is InChI=1S/C17H23NO5S2/c1-3-11-25(22,23)14-8-5-4-7-13(14)24-12(2)15(19)18-17(16(20)21)9-6-10-17/h4-5,7-8,12H,3,6,9-11H2,1-2H3,(H,18,19)(H,20,21). The van der Waals surface area contributed by atoms with E-state index in [2.05, 4.69) is 5.32 Å². The maximum atomic E-state index is 12.4. The van der Waals surface area contributed by atoms with E-state index in [0.29, 0.717) is 24.2 Å². The molecule has 0 aromatic heterocycles. The molecular formula is C17H23NO5S2. The lowest BCUT2D eigenvalue weighted by atomic mass is 9.76. The van der Waals surface area contributed by atoms with Crippen LogP contribution in [0.4, 0.5) is 0 Å². The molecule has 1 amide bonds. The zero-order chi connectivity index (χ0) is 18.7. The molecule has 0 bridgehead atoms. The third kappa shape index (κ3) is 4.36. The van der Waals surface area contributed by atoms with Gasteiger partial charge in [0.25, 0.3) is 0 Å². The second-order valence-electron chi connectivity index (χ2n) is 6.26. The molecule has 8 heteroatoms. The molecular weight excluding hydrogens is 362 g/mol. The largest absolute Gasteiger partial charge is 0.480 e. The van der Waals surface area contributed by atoms with Gasteiger partial charge in [-0.3, -0.25) is 4.79 Å². The monoisotopic (exact) mass is 385 g/mol. The van der Waals surface area contributed by atoms with E-state index >= 15 is 0 Å². The van der Waals surface area contributed by atoms with Gasteiger partial charge in [0, 0.05) is 4.90 Å². The van der Waals surface area contributed by atoms with E-state index in [1.807, 2.05) is 0 Å². The van der Waals surface area contributed by atoms with Crippen molar-refractivity contribution in [2.45, 2.75) is 60.1 Å². The van der Waals surface area contributed by atoms with Crippen LogP contribution in [0.1, 0.15) is 39.5 Å². The summed E-state index contributed by atoms with van der Waals surface area (Å²) < 4.78 is 24.8. The molecule has 1 unspecified atom stereocenters. The van der Waals surface area contributed by atoms with Gasteiger partial charge < -0.3 is 10.4 Å². The molecule has 6 nitrogen and oxygen atoms in total. The zero-order valence-electron chi connectivity index (χ0n) is 14.3. The molecule has 0 spiro atoms. The topological polar surface area (TPSA) is 101 Å².